The molecule has 16 heavy (non-hydrogen) atoms. The molecule has 0 saturated carbocycles. The molecule has 0 spiro atoms. The van der Waals surface area contributed by atoms with Crippen molar-refractivity contribution in [1.29, 1.82) is 0 Å². The van der Waals surface area contributed by atoms with E-state index in [2.05, 4.69) is 21.0 Å². The summed E-state index contributed by atoms with van der Waals surface area (Å²) in [6, 6.07) is 9.59. The van der Waals surface area contributed by atoms with Gasteiger partial charge in [0.15, 0.2) is 0 Å². The average molecular weight is 302 g/mol. The fourth-order valence-corrected chi connectivity index (χ4v) is 2.06. The van der Waals surface area contributed by atoms with Gasteiger partial charge >= 0.3 is 0 Å². The third-order valence-corrected chi connectivity index (χ3v) is 2.82. The van der Waals surface area contributed by atoms with Crippen molar-refractivity contribution in [3.8, 4) is 5.69 Å². The molecule has 3 nitrogen and oxygen atoms in total. The van der Waals surface area contributed by atoms with E-state index in [0.717, 1.165) is 15.9 Å². The second-order valence-electron chi connectivity index (χ2n) is 3.28. The fourth-order valence-electron chi connectivity index (χ4n) is 1.41. The van der Waals surface area contributed by atoms with Gasteiger partial charge in [0.25, 0.3) is 0 Å². The van der Waals surface area contributed by atoms with E-state index in [1.54, 1.807) is 17.9 Å². The lowest BCUT2D eigenvalue weighted by molar-refractivity contribution is 0.181. The monoisotopic (exact) mass is 300 g/mol. The van der Waals surface area contributed by atoms with Crippen molar-refractivity contribution in [2.45, 2.75) is 6.61 Å². The van der Waals surface area contributed by atoms with Gasteiger partial charge in [-0.1, -0.05) is 33.6 Å². The van der Waals surface area contributed by atoms with Crippen LogP contribution in [0.1, 0.15) is 5.69 Å². The molecule has 2 rings (SSSR count). The normalized spacial score (nSPS) is 10.7. The van der Waals surface area contributed by atoms with Crippen LogP contribution in [0.2, 0.25) is 5.15 Å². The zero-order chi connectivity index (χ0) is 11.5. The molecule has 0 aliphatic heterocycles. The number of rotatable bonds is 3. The Hall–Kier alpha value is -0.840. The van der Waals surface area contributed by atoms with Crippen molar-refractivity contribution < 1.29 is 4.74 Å². The number of hydrogen-bond acceptors (Lipinski definition) is 2. The second-order valence-corrected chi connectivity index (χ2v) is 4.59. The smallest absolute Gasteiger partial charge is 0.133 e. The molecule has 1 heterocycles. The maximum Gasteiger partial charge on any atom is 0.133 e. The number of methoxy groups -OCH3 is 1. The van der Waals surface area contributed by atoms with E-state index in [1.807, 2.05) is 24.3 Å². The number of hydrogen-bond donors (Lipinski definition) is 0. The minimum absolute atomic E-state index is 0.459. The van der Waals surface area contributed by atoms with Gasteiger partial charge in [-0.25, -0.2) is 4.68 Å². The Kier molecular flexibility index (Phi) is 3.63. The highest BCUT2D eigenvalue weighted by molar-refractivity contribution is 9.10. The topological polar surface area (TPSA) is 27.1 Å². The summed E-state index contributed by atoms with van der Waals surface area (Å²) in [5.41, 5.74) is 1.73. The van der Waals surface area contributed by atoms with E-state index in [0.29, 0.717) is 11.8 Å². The maximum absolute atomic E-state index is 6.10. The summed E-state index contributed by atoms with van der Waals surface area (Å²) < 4.78 is 7.68. The molecule has 0 aliphatic rings. The summed E-state index contributed by atoms with van der Waals surface area (Å²) in [4.78, 5) is 0. The first kappa shape index (κ1) is 11.6. The summed E-state index contributed by atoms with van der Waals surface area (Å²) >= 11 is 9.51. The van der Waals surface area contributed by atoms with Crippen LogP contribution < -0.4 is 0 Å². The van der Waals surface area contributed by atoms with E-state index in [4.69, 9.17) is 16.3 Å². The summed E-state index contributed by atoms with van der Waals surface area (Å²) in [5.74, 6) is 0. The number of aromatic nitrogens is 2. The van der Waals surface area contributed by atoms with Crippen LogP contribution in [-0.2, 0) is 11.3 Å². The zero-order valence-electron chi connectivity index (χ0n) is 8.65. The number of halogens is 2. The Balaban J connectivity index is 2.40. The predicted molar refractivity (Wildman–Crippen MR) is 67.0 cm³/mol. The standard InChI is InChI=1S/C11H10BrClN2O/c1-16-7-9-6-11(13)15(14-9)10-4-2-3-8(12)5-10/h2-6H,7H2,1H3. The highest BCUT2D eigenvalue weighted by Crippen LogP contribution is 2.20. The van der Waals surface area contributed by atoms with Gasteiger partial charge < -0.3 is 4.74 Å². The molecule has 5 heteroatoms. The first-order valence-corrected chi connectivity index (χ1v) is 5.87. The third-order valence-electron chi connectivity index (χ3n) is 2.06. The molecular formula is C11H10BrClN2O. The van der Waals surface area contributed by atoms with E-state index < -0.39 is 0 Å². The minimum atomic E-state index is 0.459. The Labute approximate surface area is 107 Å². The first-order valence-electron chi connectivity index (χ1n) is 4.70. The second kappa shape index (κ2) is 4.99. The quantitative estimate of drug-likeness (QED) is 0.868. The maximum atomic E-state index is 6.10. The molecule has 0 unspecified atom stereocenters. The van der Waals surface area contributed by atoms with Crippen LogP contribution >= 0.6 is 27.5 Å². The van der Waals surface area contributed by atoms with E-state index in [1.165, 1.54) is 0 Å². The van der Waals surface area contributed by atoms with Crippen molar-refractivity contribution in [1.82, 2.24) is 9.78 Å². The van der Waals surface area contributed by atoms with Gasteiger partial charge in [0.05, 0.1) is 18.0 Å². The molecule has 1 aromatic heterocycles. The first-order chi connectivity index (χ1) is 7.70. The van der Waals surface area contributed by atoms with Crippen LogP contribution in [0.5, 0.6) is 0 Å². The van der Waals surface area contributed by atoms with Crippen molar-refractivity contribution in [3.63, 3.8) is 0 Å². The largest absolute Gasteiger partial charge is 0.378 e. The fraction of sp³-hybridized carbons (Fsp3) is 0.182. The van der Waals surface area contributed by atoms with Gasteiger partial charge in [-0.3, -0.25) is 0 Å². The van der Waals surface area contributed by atoms with E-state index in [-0.39, 0.29) is 0 Å². The lowest BCUT2D eigenvalue weighted by Crippen LogP contribution is -1.97. The number of ether oxygens (including phenoxy) is 1. The summed E-state index contributed by atoms with van der Waals surface area (Å²) in [6.45, 7) is 0.459. The van der Waals surface area contributed by atoms with Crippen LogP contribution in [0.15, 0.2) is 34.8 Å². The predicted octanol–water partition coefficient (Wildman–Crippen LogP) is 3.43. The molecule has 0 bridgehead atoms. The van der Waals surface area contributed by atoms with Gasteiger partial charge in [-0.15, -0.1) is 0 Å². The summed E-state index contributed by atoms with van der Waals surface area (Å²) in [6.07, 6.45) is 0. The Bertz CT molecular complexity index is 498. The van der Waals surface area contributed by atoms with Crippen molar-refractivity contribution >= 4 is 27.5 Å². The van der Waals surface area contributed by atoms with Crippen LogP contribution in [0.3, 0.4) is 0 Å². The van der Waals surface area contributed by atoms with E-state index in [9.17, 15) is 0 Å². The van der Waals surface area contributed by atoms with E-state index >= 15 is 0 Å². The SMILES string of the molecule is COCc1cc(Cl)n(-c2cccc(Br)c2)n1. The van der Waals surface area contributed by atoms with Gasteiger partial charge in [-0.2, -0.15) is 5.10 Å². The van der Waals surface area contributed by atoms with Gasteiger partial charge in [0, 0.05) is 17.6 Å². The Morgan fingerprint density at radius 3 is 2.94 bits per heavy atom. The van der Waals surface area contributed by atoms with Crippen LogP contribution in [0, 0.1) is 0 Å². The van der Waals surface area contributed by atoms with Crippen molar-refractivity contribution in [3.05, 3.63) is 45.7 Å². The molecular weight excluding hydrogens is 291 g/mol. The lowest BCUT2D eigenvalue weighted by Gasteiger charge is -2.03. The van der Waals surface area contributed by atoms with Gasteiger partial charge in [0.1, 0.15) is 5.15 Å². The van der Waals surface area contributed by atoms with Gasteiger partial charge in [-0.05, 0) is 18.2 Å². The lowest BCUT2D eigenvalue weighted by atomic mass is 10.3. The van der Waals surface area contributed by atoms with Crippen molar-refractivity contribution in [2.24, 2.45) is 0 Å². The zero-order valence-corrected chi connectivity index (χ0v) is 11.0. The van der Waals surface area contributed by atoms with Gasteiger partial charge in [0.2, 0.25) is 0 Å². The average Bonchev–Trinajstić information content (AvgIpc) is 2.60. The number of benzene rings is 1. The Morgan fingerprint density at radius 2 is 2.25 bits per heavy atom. The summed E-state index contributed by atoms with van der Waals surface area (Å²) in [7, 11) is 1.63. The Morgan fingerprint density at radius 1 is 1.44 bits per heavy atom. The minimum Gasteiger partial charge on any atom is -0.378 e. The van der Waals surface area contributed by atoms with Crippen LogP contribution in [0.25, 0.3) is 5.69 Å². The van der Waals surface area contributed by atoms with Crippen LogP contribution in [0.4, 0.5) is 0 Å². The number of nitrogens with zero attached hydrogens (tertiary/aromatic N) is 2. The highest BCUT2D eigenvalue weighted by atomic mass is 79.9. The van der Waals surface area contributed by atoms with Crippen LogP contribution in [-0.4, -0.2) is 16.9 Å². The molecule has 0 aliphatic carbocycles. The van der Waals surface area contributed by atoms with Crippen molar-refractivity contribution in [2.75, 3.05) is 7.11 Å². The molecule has 0 saturated heterocycles. The summed E-state index contributed by atoms with van der Waals surface area (Å²) in [5, 5.41) is 4.92. The molecule has 0 radical (unpaired) electrons. The highest BCUT2D eigenvalue weighted by Gasteiger charge is 2.07. The molecule has 2 aromatic rings. The molecule has 0 fully saturated rings. The molecule has 0 amide bonds. The molecule has 0 N–H and O–H groups in total. The third kappa shape index (κ3) is 2.45. The molecule has 1 aromatic carbocycles. The molecule has 0 atom stereocenters. The molecule has 84 valence electrons.